The molecule has 2 aliphatic rings. The van der Waals surface area contributed by atoms with Crippen molar-refractivity contribution < 1.29 is 0 Å². The summed E-state index contributed by atoms with van der Waals surface area (Å²) in [6, 6.07) is 18.8. The molecule has 2 aromatic rings. The van der Waals surface area contributed by atoms with Crippen molar-refractivity contribution in [2.45, 2.75) is 36.2 Å². The van der Waals surface area contributed by atoms with Crippen LogP contribution in [0.25, 0.3) is 0 Å². The molecule has 0 amide bonds. The molecule has 20 heavy (non-hydrogen) atoms. The predicted octanol–water partition coefficient (Wildman–Crippen LogP) is 4.50. The Balaban J connectivity index is 1.59. The normalized spacial score (nSPS) is 24.2. The van der Waals surface area contributed by atoms with Gasteiger partial charge in [0.1, 0.15) is 0 Å². The van der Waals surface area contributed by atoms with Gasteiger partial charge in [-0.25, -0.2) is 0 Å². The molecule has 0 aromatic heterocycles. The lowest BCUT2D eigenvalue weighted by molar-refractivity contribution is 0.428. The molecule has 0 spiro atoms. The maximum absolute atomic E-state index is 3.92. The van der Waals surface area contributed by atoms with Gasteiger partial charge in [-0.05, 0) is 47.8 Å². The van der Waals surface area contributed by atoms with Crippen molar-refractivity contribution in [3.63, 3.8) is 0 Å². The molecule has 0 fully saturated rings. The quantitative estimate of drug-likeness (QED) is 0.869. The van der Waals surface area contributed by atoms with Crippen molar-refractivity contribution in [2.24, 2.45) is 0 Å². The largest absolute Gasteiger partial charge is 0.303 e. The molecule has 1 nitrogen and oxygen atoms in total. The molecule has 1 heterocycles. The number of fused-ring (bicyclic) bond motifs is 2. The van der Waals surface area contributed by atoms with Gasteiger partial charge in [-0.2, -0.15) is 0 Å². The summed E-state index contributed by atoms with van der Waals surface area (Å²) in [5.74, 6) is 1.23. The Kier molecular flexibility index (Phi) is 3.29. The molecule has 0 radical (unpaired) electrons. The first-order chi connectivity index (χ1) is 9.92. The molecule has 2 aromatic carbocycles. The molecule has 0 bridgehead atoms. The van der Waals surface area contributed by atoms with Crippen molar-refractivity contribution in [1.82, 2.24) is 5.32 Å². The Morgan fingerprint density at radius 1 is 0.850 bits per heavy atom. The molecule has 1 N–H and O–H groups in total. The summed E-state index contributed by atoms with van der Waals surface area (Å²) >= 11 is 2.00. The highest BCUT2D eigenvalue weighted by atomic mass is 32.2. The van der Waals surface area contributed by atoms with Crippen LogP contribution in [0.1, 0.15) is 41.6 Å². The zero-order valence-electron chi connectivity index (χ0n) is 11.5. The second kappa shape index (κ2) is 5.27. The minimum absolute atomic E-state index is 0.517. The maximum atomic E-state index is 3.92. The van der Waals surface area contributed by atoms with E-state index < -0.39 is 0 Å². The number of aryl methyl sites for hydroxylation is 1. The third-order valence-corrected chi connectivity index (χ3v) is 5.62. The highest BCUT2D eigenvalue weighted by Crippen LogP contribution is 2.39. The maximum Gasteiger partial charge on any atom is 0.0344 e. The summed E-state index contributed by atoms with van der Waals surface area (Å²) < 4.78 is 0. The van der Waals surface area contributed by atoms with E-state index in [1.54, 1.807) is 0 Å². The Morgan fingerprint density at radius 2 is 1.60 bits per heavy atom. The Bertz CT molecular complexity index is 622. The van der Waals surface area contributed by atoms with E-state index in [1.165, 1.54) is 46.6 Å². The number of nitrogens with one attached hydrogen (secondary N) is 1. The van der Waals surface area contributed by atoms with E-state index in [0.717, 1.165) is 0 Å². The predicted molar refractivity (Wildman–Crippen MR) is 85.2 cm³/mol. The average Bonchev–Trinajstić information content (AvgIpc) is 2.91. The van der Waals surface area contributed by atoms with Crippen molar-refractivity contribution >= 4 is 11.8 Å². The molecule has 2 heteroatoms. The van der Waals surface area contributed by atoms with E-state index in [-0.39, 0.29) is 0 Å². The van der Waals surface area contributed by atoms with Gasteiger partial charge in [0.15, 0.2) is 0 Å². The second-order valence-corrected chi connectivity index (χ2v) is 6.82. The summed E-state index contributed by atoms with van der Waals surface area (Å²) in [6.07, 6.45) is 3.70. The van der Waals surface area contributed by atoms with Crippen LogP contribution in [0.4, 0.5) is 0 Å². The first kappa shape index (κ1) is 12.5. The number of rotatable bonds is 2. The first-order valence-corrected chi connectivity index (χ1v) is 8.46. The van der Waals surface area contributed by atoms with Crippen LogP contribution in [0, 0.1) is 0 Å². The topological polar surface area (TPSA) is 12.0 Å². The Morgan fingerprint density at radius 3 is 2.55 bits per heavy atom. The van der Waals surface area contributed by atoms with Gasteiger partial charge in [0.25, 0.3) is 0 Å². The van der Waals surface area contributed by atoms with Gasteiger partial charge in [0.2, 0.25) is 0 Å². The second-order valence-electron chi connectivity index (χ2n) is 5.68. The lowest BCUT2D eigenvalue weighted by atomic mass is 10.0. The molecule has 4 rings (SSSR count). The van der Waals surface area contributed by atoms with Crippen molar-refractivity contribution in [3.8, 4) is 0 Å². The molecule has 0 saturated carbocycles. The van der Waals surface area contributed by atoms with Gasteiger partial charge in [-0.3, -0.25) is 0 Å². The van der Waals surface area contributed by atoms with Crippen LogP contribution in [0.2, 0.25) is 0 Å². The molecular weight excluding hydrogens is 262 g/mol. The summed E-state index contributed by atoms with van der Waals surface area (Å²) in [7, 11) is 0. The Labute approximate surface area is 124 Å². The van der Waals surface area contributed by atoms with Crippen LogP contribution in [-0.4, -0.2) is 5.75 Å². The van der Waals surface area contributed by atoms with Gasteiger partial charge >= 0.3 is 0 Å². The van der Waals surface area contributed by atoms with Crippen molar-refractivity contribution in [3.05, 3.63) is 65.2 Å². The fourth-order valence-electron chi connectivity index (χ4n) is 3.49. The zero-order valence-corrected chi connectivity index (χ0v) is 12.3. The van der Waals surface area contributed by atoms with E-state index in [9.17, 15) is 0 Å². The lowest BCUT2D eigenvalue weighted by Gasteiger charge is -2.29. The van der Waals surface area contributed by atoms with Crippen LogP contribution in [0.15, 0.2) is 53.4 Å². The van der Waals surface area contributed by atoms with Crippen LogP contribution < -0.4 is 5.32 Å². The van der Waals surface area contributed by atoms with Crippen LogP contribution >= 0.6 is 11.8 Å². The number of hydrogen-bond acceptors (Lipinski definition) is 2. The highest BCUT2D eigenvalue weighted by molar-refractivity contribution is 7.99. The fraction of sp³-hybridized carbons (Fsp3) is 0.333. The van der Waals surface area contributed by atoms with E-state index >= 15 is 0 Å². The van der Waals surface area contributed by atoms with Crippen molar-refractivity contribution in [2.75, 3.05) is 5.75 Å². The van der Waals surface area contributed by atoms with Crippen molar-refractivity contribution in [1.29, 1.82) is 0 Å². The SMILES string of the molecule is c1ccc2c(c1)CCC2NC1CCSc2ccccc21. The highest BCUT2D eigenvalue weighted by Gasteiger charge is 2.27. The molecule has 2 unspecified atom stereocenters. The molecule has 1 aliphatic carbocycles. The lowest BCUT2D eigenvalue weighted by Crippen LogP contribution is -2.27. The van der Waals surface area contributed by atoms with E-state index in [2.05, 4.69) is 53.8 Å². The Hall–Kier alpha value is -1.25. The van der Waals surface area contributed by atoms with Gasteiger partial charge in [0.05, 0.1) is 0 Å². The van der Waals surface area contributed by atoms with Crippen LogP contribution in [0.5, 0.6) is 0 Å². The number of thioether (sulfide) groups is 1. The molecule has 2 atom stereocenters. The molecular formula is C18H19NS. The smallest absolute Gasteiger partial charge is 0.0344 e. The summed E-state index contributed by atoms with van der Waals surface area (Å²) in [5, 5.41) is 3.92. The van der Waals surface area contributed by atoms with E-state index in [4.69, 9.17) is 0 Å². The fourth-order valence-corrected chi connectivity index (χ4v) is 4.61. The minimum Gasteiger partial charge on any atom is -0.303 e. The molecule has 102 valence electrons. The summed E-state index contributed by atoms with van der Waals surface area (Å²) in [6.45, 7) is 0. The monoisotopic (exact) mass is 281 g/mol. The van der Waals surface area contributed by atoms with E-state index in [1.807, 2.05) is 11.8 Å². The first-order valence-electron chi connectivity index (χ1n) is 7.47. The third kappa shape index (κ3) is 2.17. The van der Waals surface area contributed by atoms with Gasteiger partial charge in [-0.15, -0.1) is 11.8 Å². The zero-order chi connectivity index (χ0) is 13.4. The minimum atomic E-state index is 0.517. The van der Waals surface area contributed by atoms with Crippen LogP contribution in [-0.2, 0) is 6.42 Å². The summed E-state index contributed by atoms with van der Waals surface area (Å²) in [4.78, 5) is 1.46. The number of hydrogen-bond donors (Lipinski definition) is 1. The average molecular weight is 281 g/mol. The van der Waals surface area contributed by atoms with Crippen LogP contribution in [0.3, 0.4) is 0 Å². The molecule has 0 saturated heterocycles. The van der Waals surface area contributed by atoms with E-state index in [0.29, 0.717) is 12.1 Å². The standard InChI is InChI=1S/C18H19NS/c1-2-6-14-13(5-1)9-10-16(14)19-17-11-12-20-18-8-4-3-7-15(17)18/h1-8,16-17,19H,9-12H2. The molecule has 1 aliphatic heterocycles. The van der Waals surface area contributed by atoms with Gasteiger partial charge < -0.3 is 5.32 Å². The third-order valence-electron chi connectivity index (χ3n) is 4.49. The van der Waals surface area contributed by atoms with Gasteiger partial charge in [-0.1, -0.05) is 42.5 Å². The number of benzene rings is 2. The summed E-state index contributed by atoms with van der Waals surface area (Å²) in [5.41, 5.74) is 4.54. The van der Waals surface area contributed by atoms with Gasteiger partial charge in [0, 0.05) is 17.0 Å².